The number of anilines is 1. The minimum Gasteiger partial charge on any atom is -0.394 e. The molecule has 1 aliphatic heterocycles. The number of hydrogen-bond donors (Lipinski definition) is 1. The number of nitrogens with zero attached hydrogens (tertiary/aromatic N) is 2. The molecule has 0 spiro atoms. The molecule has 1 aromatic heterocycles. The lowest BCUT2D eigenvalue weighted by atomic mass is 10.3. The van der Waals surface area contributed by atoms with E-state index in [0.29, 0.717) is 6.61 Å². The standard InChI is InChI=1S/C10H16N2O2S/c1-7-8(2)15-10(11-7)12-3-4-14-9(5-12)6-13/h9,13H,3-6H2,1-2H3. The van der Waals surface area contributed by atoms with E-state index in [2.05, 4.69) is 16.8 Å². The molecule has 0 aromatic carbocycles. The summed E-state index contributed by atoms with van der Waals surface area (Å²) in [4.78, 5) is 7.96. The maximum atomic E-state index is 9.05. The highest BCUT2D eigenvalue weighted by molar-refractivity contribution is 7.15. The molecule has 1 aliphatic rings. The van der Waals surface area contributed by atoms with E-state index in [0.717, 1.165) is 23.9 Å². The van der Waals surface area contributed by atoms with E-state index in [9.17, 15) is 0 Å². The van der Waals surface area contributed by atoms with E-state index in [-0.39, 0.29) is 12.7 Å². The molecule has 1 atom stereocenters. The van der Waals surface area contributed by atoms with Crippen LogP contribution in [0.4, 0.5) is 5.13 Å². The monoisotopic (exact) mass is 228 g/mol. The Labute approximate surface area is 93.5 Å². The van der Waals surface area contributed by atoms with E-state index in [4.69, 9.17) is 9.84 Å². The van der Waals surface area contributed by atoms with E-state index in [1.54, 1.807) is 11.3 Å². The SMILES string of the molecule is Cc1nc(N2CCOC(CO)C2)sc1C. The molecule has 84 valence electrons. The van der Waals surface area contributed by atoms with Crippen LogP contribution in [0.15, 0.2) is 0 Å². The summed E-state index contributed by atoms with van der Waals surface area (Å²) in [7, 11) is 0. The molecule has 1 fully saturated rings. The number of hydrogen-bond acceptors (Lipinski definition) is 5. The second kappa shape index (κ2) is 4.47. The van der Waals surface area contributed by atoms with Crippen molar-refractivity contribution in [2.24, 2.45) is 0 Å². The highest BCUT2D eigenvalue weighted by Crippen LogP contribution is 2.26. The molecule has 4 nitrogen and oxygen atoms in total. The smallest absolute Gasteiger partial charge is 0.185 e. The van der Waals surface area contributed by atoms with Gasteiger partial charge in [0.1, 0.15) is 0 Å². The van der Waals surface area contributed by atoms with Crippen molar-refractivity contribution in [3.05, 3.63) is 10.6 Å². The van der Waals surface area contributed by atoms with Gasteiger partial charge in [0, 0.05) is 18.0 Å². The van der Waals surface area contributed by atoms with E-state index in [1.165, 1.54) is 4.88 Å². The van der Waals surface area contributed by atoms with Crippen LogP contribution in [-0.2, 0) is 4.74 Å². The fraction of sp³-hybridized carbons (Fsp3) is 0.700. The Hall–Kier alpha value is -0.650. The normalized spacial score (nSPS) is 22.1. The lowest BCUT2D eigenvalue weighted by Gasteiger charge is -2.31. The van der Waals surface area contributed by atoms with Gasteiger partial charge in [-0.2, -0.15) is 0 Å². The molecule has 1 saturated heterocycles. The Bertz CT molecular complexity index is 321. The quantitative estimate of drug-likeness (QED) is 0.819. The van der Waals surface area contributed by atoms with Crippen molar-refractivity contribution < 1.29 is 9.84 Å². The number of rotatable bonds is 2. The average molecular weight is 228 g/mol. The first-order valence-corrected chi connectivity index (χ1v) is 5.94. The predicted octanol–water partition coefficient (Wildman–Crippen LogP) is 0.957. The third kappa shape index (κ3) is 2.30. The molecule has 0 bridgehead atoms. The van der Waals surface area contributed by atoms with Gasteiger partial charge in [-0.25, -0.2) is 4.98 Å². The van der Waals surface area contributed by atoms with Gasteiger partial charge < -0.3 is 14.7 Å². The molecular weight excluding hydrogens is 212 g/mol. The fourth-order valence-corrected chi connectivity index (χ4v) is 2.54. The summed E-state index contributed by atoms with van der Waals surface area (Å²) >= 11 is 1.71. The molecule has 2 rings (SSSR count). The zero-order chi connectivity index (χ0) is 10.8. The second-order valence-corrected chi connectivity index (χ2v) is 4.94. The third-order valence-corrected chi connectivity index (χ3v) is 3.76. The highest BCUT2D eigenvalue weighted by atomic mass is 32.1. The number of thiazole rings is 1. The van der Waals surface area contributed by atoms with E-state index in [1.807, 2.05) is 6.92 Å². The molecule has 1 N–H and O–H groups in total. The number of morpholine rings is 1. The first kappa shape index (κ1) is 10.9. The van der Waals surface area contributed by atoms with Crippen molar-refractivity contribution >= 4 is 16.5 Å². The molecule has 0 aliphatic carbocycles. The highest BCUT2D eigenvalue weighted by Gasteiger charge is 2.22. The van der Waals surface area contributed by atoms with Gasteiger partial charge in [0.05, 0.1) is 25.0 Å². The number of ether oxygens (including phenoxy) is 1. The topological polar surface area (TPSA) is 45.6 Å². The summed E-state index contributed by atoms with van der Waals surface area (Å²) in [5.41, 5.74) is 1.10. The lowest BCUT2D eigenvalue weighted by Crippen LogP contribution is -2.44. The fourth-order valence-electron chi connectivity index (χ4n) is 1.59. The van der Waals surface area contributed by atoms with Crippen LogP contribution in [0.3, 0.4) is 0 Å². The van der Waals surface area contributed by atoms with Crippen LogP contribution < -0.4 is 4.90 Å². The van der Waals surface area contributed by atoms with Gasteiger partial charge in [0.25, 0.3) is 0 Å². The molecule has 1 aromatic rings. The molecule has 1 unspecified atom stereocenters. The van der Waals surface area contributed by atoms with Crippen LogP contribution >= 0.6 is 11.3 Å². The number of aryl methyl sites for hydroxylation is 2. The first-order valence-electron chi connectivity index (χ1n) is 5.12. The van der Waals surface area contributed by atoms with Crippen molar-refractivity contribution in [1.82, 2.24) is 4.98 Å². The van der Waals surface area contributed by atoms with Crippen molar-refractivity contribution in [1.29, 1.82) is 0 Å². The maximum absolute atomic E-state index is 9.05. The molecular formula is C10H16N2O2S. The second-order valence-electron chi connectivity index (χ2n) is 3.76. The average Bonchev–Trinajstić information content (AvgIpc) is 2.59. The Morgan fingerprint density at radius 3 is 3.00 bits per heavy atom. The lowest BCUT2D eigenvalue weighted by molar-refractivity contribution is 0.00355. The molecule has 15 heavy (non-hydrogen) atoms. The van der Waals surface area contributed by atoms with Gasteiger partial charge in [-0.05, 0) is 13.8 Å². The summed E-state index contributed by atoms with van der Waals surface area (Å²) in [6.07, 6.45) is -0.0664. The van der Waals surface area contributed by atoms with Crippen LogP contribution in [0.1, 0.15) is 10.6 Å². The van der Waals surface area contributed by atoms with Crippen LogP contribution in [0.5, 0.6) is 0 Å². The minimum atomic E-state index is -0.0664. The summed E-state index contributed by atoms with van der Waals surface area (Å²) in [5.74, 6) is 0. The first-order chi connectivity index (χ1) is 7.20. The Kier molecular flexibility index (Phi) is 3.23. The van der Waals surface area contributed by atoms with Crippen LogP contribution in [0, 0.1) is 13.8 Å². The summed E-state index contributed by atoms with van der Waals surface area (Å²) < 4.78 is 5.40. The molecule has 0 saturated carbocycles. The largest absolute Gasteiger partial charge is 0.394 e. The van der Waals surface area contributed by atoms with Gasteiger partial charge >= 0.3 is 0 Å². The molecule has 5 heteroatoms. The predicted molar refractivity (Wildman–Crippen MR) is 60.6 cm³/mol. The van der Waals surface area contributed by atoms with Crippen molar-refractivity contribution in [2.75, 3.05) is 31.2 Å². The van der Waals surface area contributed by atoms with E-state index < -0.39 is 0 Å². The Morgan fingerprint density at radius 1 is 1.60 bits per heavy atom. The van der Waals surface area contributed by atoms with Crippen molar-refractivity contribution in [3.63, 3.8) is 0 Å². The maximum Gasteiger partial charge on any atom is 0.185 e. The van der Waals surface area contributed by atoms with Crippen molar-refractivity contribution in [2.45, 2.75) is 20.0 Å². The Morgan fingerprint density at radius 2 is 2.40 bits per heavy atom. The van der Waals surface area contributed by atoms with Gasteiger partial charge in [-0.1, -0.05) is 0 Å². The zero-order valence-corrected chi connectivity index (χ0v) is 9.88. The third-order valence-electron chi connectivity index (χ3n) is 2.63. The van der Waals surface area contributed by atoms with Crippen molar-refractivity contribution in [3.8, 4) is 0 Å². The number of aliphatic hydroxyl groups excluding tert-OH is 1. The minimum absolute atomic E-state index is 0.0664. The summed E-state index contributed by atoms with van der Waals surface area (Å²) in [5, 5.41) is 10.1. The molecule has 2 heterocycles. The van der Waals surface area contributed by atoms with Gasteiger partial charge in [0.15, 0.2) is 5.13 Å². The summed E-state index contributed by atoms with van der Waals surface area (Å²) in [6.45, 7) is 6.47. The van der Waals surface area contributed by atoms with Crippen LogP contribution in [0.2, 0.25) is 0 Å². The molecule has 0 amide bonds. The summed E-state index contributed by atoms with van der Waals surface area (Å²) in [6, 6.07) is 0. The van der Waals surface area contributed by atoms with Crippen LogP contribution in [-0.4, -0.2) is 42.5 Å². The van der Waals surface area contributed by atoms with Gasteiger partial charge in [-0.15, -0.1) is 11.3 Å². The van der Waals surface area contributed by atoms with Gasteiger partial charge in [0.2, 0.25) is 0 Å². The number of aromatic nitrogens is 1. The Balaban J connectivity index is 2.09. The van der Waals surface area contributed by atoms with Crippen LogP contribution in [0.25, 0.3) is 0 Å². The van der Waals surface area contributed by atoms with Gasteiger partial charge in [-0.3, -0.25) is 0 Å². The van der Waals surface area contributed by atoms with E-state index >= 15 is 0 Å². The zero-order valence-electron chi connectivity index (χ0n) is 9.06. The molecule has 0 radical (unpaired) electrons. The number of aliphatic hydroxyl groups is 1.